The summed E-state index contributed by atoms with van der Waals surface area (Å²) >= 11 is 0. The van der Waals surface area contributed by atoms with Gasteiger partial charge in [-0.1, -0.05) is 0 Å². The van der Waals surface area contributed by atoms with Crippen LogP contribution < -0.4 is 27.8 Å². The summed E-state index contributed by atoms with van der Waals surface area (Å²) in [6.07, 6.45) is -0.00685. The third-order valence-corrected chi connectivity index (χ3v) is 3.18. The van der Waals surface area contributed by atoms with Crippen molar-refractivity contribution in [1.29, 1.82) is 0 Å². The first-order chi connectivity index (χ1) is 12.1. The summed E-state index contributed by atoms with van der Waals surface area (Å²) < 4.78 is 0. The number of carbonyl (C=O) groups is 5. The zero-order chi connectivity index (χ0) is 20.3. The van der Waals surface area contributed by atoms with E-state index >= 15 is 0 Å². The van der Waals surface area contributed by atoms with Crippen molar-refractivity contribution in [3.8, 4) is 0 Å². The Morgan fingerprint density at radius 1 is 0.923 bits per heavy atom. The Labute approximate surface area is 148 Å². The van der Waals surface area contributed by atoms with Crippen LogP contribution in [-0.2, 0) is 28.8 Å². The van der Waals surface area contributed by atoms with Crippen LogP contribution in [0.3, 0.4) is 0 Å². The predicted molar refractivity (Wildman–Crippen MR) is 86.6 cm³/mol. The van der Waals surface area contributed by atoms with E-state index in [0.717, 1.165) is 0 Å². The van der Waals surface area contributed by atoms with Crippen LogP contribution in [0.5, 0.6) is 0 Å². The fourth-order valence-corrected chi connectivity index (χ4v) is 1.84. The summed E-state index contributed by atoms with van der Waals surface area (Å²) in [5.74, 6) is -4.50. The monoisotopic (exact) mass is 372 g/mol. The minimum absolute atomic E-state index is 0.106. The molecule has 0 rings (SSSR count). The molecule has 0 unspecified atom stereocenters. The molecule has 12 heteroatoms. The molecule has 0 aromatic heterocycles. The Hall–Kier alpha value is -3.02. The Bertz CT molecular complexity index is 566. The van der Waals surface area contributed by atoms with Gasteiger partial charge in [0.2, 0.25) is 29.9 Å². The van der Waals surface area contributed by atoms with Crippen molar-refractivity contribution in [2.45, 2.75) is 50.2 Å². The van der Waals surface area contributed by atoms with Gasteiger partial charge < -0.3 is 32.9 Å². The van der Waals surface area contributed by atoms with Crippen LogP contribution in [0.15, 0.2) is 0 Å². The minimum atomic E-state index is -1.33. The molecule has 0 aliphatic carbocycles. The summed E-state index contributed by atoms with van der Waals surface area (Å²) in [5, 5.41) is 13.2. The molecule has 0 spiro atoms. The number of rotatable bonds is 13. The lowest BCUT2D eigenvalue weighted by Crippen LogP contribution is -2.54. The third kappa shape index (κ3) is 9.97. The van der Waals surface area contributed by atoms with E-state index in [1.54, 1.807) is 0 Å². The number of nitrogens with two attached hydrogens (primary N) is 3. The first-order valence-electron chi connectivity index (χ1n) is 7.59. The number of hydrogen-bond donors (Lipinski definition) is 6. The number of carbonyl (C=O) groups excluding carboxylic acids is 5. The van der Waals surface area contributed by atoms with Gasteiger partial charge >= 0.3 is 5.97 Å². The van der Waals surface area contributed by atoms with Crippen LogP contribution >= 0.6 is 0 Å². The van der Waals surface area contributed by atoms with Crippen molar-refractivity contribution >= 4 is 35.9 Å². The molecule has 26 heavy (non-hydrogen) atoms. The maximum atomic E-state index is 12.2. The molecule has 0 aliphatic rings. The largest absolute Gasteiger partial charge is 0.481 e. The highest BCUT2D eigenvalue weighted by Gasteiger charge is 2.27. The Balaban J connectivity index is 4.97. The zero-order valence-electron chi connectivity index (χ0n) is 13.9. The summed E-state index contributed by atoms with van der Waals surface area (Å²) in [6.45, 7) is 0. The van der Waals surface area contributed by atoms with Gasteiger partial charge in [-0.05, 0) is 12.8 Å². The van der Waals surface area contributed by atoms with Gasteiger partial charge in [0.1, 0.15) is 6.04 Å². The number of nitrogens with one attached hydrogen (secondary N) is 2. The second-order valence-corrected chi connectivity index (χ2v) is 5.45. The molecule has 0 saturated carbocycles. The predicted octanol–water partition coefficient (Wildman–Crippen LogP) is -3.60. The lowest BCUT2D eigenvalue weighted by atomic mass is 10.1. The molecule has 3 atom stereocenters. The maximum absolute atomic E-state index is 12.2. The fourth-order valence-electron chi connectivity index (χ4n) is 1.84. The number of hydrogen-bond acceptors (Lipinski definition) is 7. The number of aliphatic carboxylic acids is 1. The summed E-state index contributed by atoms with van der Waals surface area (Å²) in [6, 6.07) is -3.82. The highest BCUT2D eigenvalue weighted by Crippen LogP contribution is 2.02. The third-order valence-electron chi connectivity index (χ3n) is 3.18. The first-order valence-corrected chi connectivity index (χ1v) is 7.59. The standard InChI is InChI=1S/C14H22N5O7/c15-8(5-11(17)22)13(25)19-9(2-4-12(23)24)14(26)18-7(6-20)1-3-10(16)21/h7-9H,1-5,15H2,(H2,16,21)(H2,17,22)(H,18,26)(H,19,25)(H,23,24)/t7-,8-,9-/m0/s1. The van der Waals surface area contributed by atoms with Crippen molar-refractivity contribution in [3.05, 3.63) is 0 Å². The maximum Gasteiger partial charge on any atom is 0.303 e. The lowest BCUT2D eigenvalue weighted by molar-refractivity contribution is -0.138. The highest BCUT2D eigenvalue weighted by molar-refractivity contribution is 5.93. The molecule has 0 bridgehead atoms. The van der Waals surface area contributed by atoms with Gasteiger partial charge in [-0.3, -0.25) is 28.8 Å². The van der Waals surface area contributed by atoms with E-state index in [-0.39, 0.29) is 19.3 Å². The Morgan fingerprint density at radius 3 is 2.00 bits per heavy atom. The van der Waals surface area contributed by atoms with E-state index in [1.807, 2.05) is 0 Å². The van der Waals surface area contributed by atoms with E-state index in [2.05, 4.69) is 10.6 Å². The van der Waals surface area contributed by atoms with Crippen molar-refractivity contribution in [2.75, 3.05) is 0 Å². The SMILES string of the molecule is NC(=O)CC[C@@H]([C]=O)NC(=O)[C@H](CCC(=O)O)NC(=O)[C@@H](N)CC(N)=O. The average Bonchev–Trinajstić information content (AvgIpc) is 2.53. The molecule has 145 valence electrons. The molecule has 12 nitrogen and oxygen atoms in total. The lowest BCUT2D eigenvalue weighted by Gasteiger charge is -2.21. The Morgan fingerprint density at radius 2 is 1.54 bits per heavy atom. The van der Waals surface area contributed by atoms with Crippen molar-refractivity contribution in [2.24, 2.45) is 17.2 Å². The van der Waals surface area contributed by atoms with Crippen molar-refractivity contribution in [3.63, 3.8) is 0 Å². The van der Waals surface area contributed by atoms with Crippen LogP contribution in [0, 0.1) is 0 Å². The molecule has 9 N–H and O–H groups in total. The highest BCUT2D eigenvalue weighted by atomic mass is 16.4. The van der Waals surface area contributed by atoms with Gasteiger partial charge in [0, 0.05) is 12.8 Å². The van der Waals surface area contributed by atoms with Gasteiger partial charge in [0.05, 0.1) is 18.5 Å². The summed E-state index contributed by atoms with van der Waals surface area (Å²) in [5.41, 5.74) is 15.3. The molecular formula is C14H22N5O7. The molecule has 0 saturated heterocycles. The topological polar surface area (TPSA) is 225 Å². The first kappa shape index (κ1) is 23.0. The van der Waals surface area contributed by atoms with Crippen molar-refractivity contribution < 1.29 is 33.9 Å². The van der Waals surface area contributed by atoms with Gasteiger partial charge in [0.15, 0.2) is 0 Å². The molecule has 1 radical (unpaired) electrons. The van der Waals surface area contributed by atoms with Crippen LogP contribution in [0.2, 0.25) is 0 Å². The smallest absolute Gasteiger partial charge is 0.303 e. The fraction of sp³-hybridized carbons (Fsp3) is 0.571. The van der Waals surface area contributed by atoms with E-state index in [0.29, 0.717) is 0 Å². The minimum Gasteiger partial charge on any atom is -0.481 e. The molecule has 4 amide bonds. The van der Waals surface area contributed by atoms with E-state index in [4.69, 9.17) is 22.3 Å². The normalized spacial score (nSPS) is 13.7. The van der Waals surface area contributed by atoms with Crippen LogP contribution in [0.25, 0.3) is 0 Å². The van der Waals surface area contributed by atoms with Crippen LogP contribution in [-0.4, -0.2) is 59.1 Å². The molecule has 0 heterocycles. The average molecular weight is 372 g/mol. The molecule has 0 aromatic rings. The number of carboxylic acids is 1. The van der Waals surface area contributed by atoms with E-state index in [1.165, 1.54) is 6.29 Å². The van der Waals surface area contributed by atoms with Crippen molar-refractivity contribution in [1.82, 2.24) is 10.6 Å². The van der Waals surface area contributed by atoms with E-state index in [9.17, 15) is 28.8 Å². The van der Waals surface area contributed by atoms with Crippen LogP contribution in [0.1, 0.15) is 32.1 Å². The quantitative estimate of drug-likeness (QED) is 0.189. The van der Waals surface area contributed by atoms with Gasteiger partial charge in [-0.15, -0.1) is 0 Å². The molecule has 0 aliphatic heterocycles. The summed E-state index contributed by atoms with van der Waals surface area (Å²) in [4.78, 5) is 67.2. The van der Waals surface area contributed by atoms with E-state index < -0.39 is 60.6 Å². The van der Waals surface area contributed by atoms with Gasteiger partial charge in [-0.25, -0.2) is 0 Å². The second kappa shape index (κ2) is 11.5. The molecular weight excluding hydrogens is 350 g/mol. The van der Waals surface area contributed by atoms with Crippen LogP contribution in [0.4, 0.5) is 0 Å². The number of primary amides is 2. The zero-order valence-corrected chi connectivity index (χ0v) is 13.9. The number of carboxylic acid groups (broad SMARTS) is 1. The molecule has 0 aromatic carbocycles. The summed E-state index contributed by atoms with van der Waals surface area (Å²) in [7, 11) is 0. The number of amides is 4. The van der Waals surface area contributed by atoms with Gasteiger partial charge in [-0.2, -0.15) is 0 Å². The Kier molecular flexibility index (Phi) is 10.2. The van der Waals surface area contributed by atoms with Gasteiger partial charge in [0.25, 0.3) is 0 Å². The second-order valence-electron chi connectivity index (χ2n) is 5.45. The molecule has 0 fully saturated rings.